The van der Waals surface area contributed by atoms with E-state index in [4.69, 9.17) is 11.6 Å². The van der Waals surface area contributed by atoms with Crippen LogP contribution in [0.15, 0.2) is 18.2 Å². The van der Waals surface area contributed by atoms with Crippen LogP contribution in [0.3, 0.4) is 0 Å². The fourth-order valence-corrected chi connectivity index (χ4v) is 2.18. The van der Waals surface area contributed by atoms with Gasteiger partial charge in [0.05, 0.1) is 5.69 Å². The fraction of sp³-hybridized carbons (Fsp3) is 0.467. The molecule has 2 aromatic rings. The summed E-state index contributed by atoms with van der Waals surface area (Å²) in [5, 5.41) is 8.54. The SMILES string of the molecule is Cc1nc(C)n(-c2ccc(CNC(C)(C)C)c(Cl)c2)n1. The molecule has 0 aliphatic rings. The van der Waals surface area contributed by atoms with Crippen molar-refractivity contribution in [2.75, 3.05) is 0 Å². The third-order valence-corrected chi connectivity index (χ3v) is 3.32. The fourth-order valence-electron chi connectivity index (χ4n) is 1.94. The minimum atomic E-state index is 0.0710. The van der Waals surface area contributed by atoms with Crippen molar-refractivity contribution in [1.82, 2.24) is 20.1 Å². The molecule has 0 aliphatic heterocycles. The van der Waals surface area contributed by atoms with E-state index in [1.165, 1.54) is 0 Å². The average molecular weight is 293 g/mol. The highest BCUT2D eigenvalue weighted by Gasteiger charge is 2.11. The molecular weight excluding hydrogens is 272 g/mol. The van der Waals surface area contributed by atoms with E-state index in [9.17, 15) is 0 Å². The maximum Gasteiger partial charge on any atom is 0.148 e. The van der Waals surface area contributed by atoms with Crippen LogP contribution < -0.4 is 5.32 Å². The third kappa shape index (κ3) is 3.58. The summed E-state index contributed by atoms with van der Waals surface area (Å²) in [5.41, 5.74) is 2.09. The summed E-state index contributed by atoms with van der Waals surface area (Å²) in [7, 11) is 0. The second kappa shape index (κ2) is 5.54. The number of nitrogens with one attached hydrogen (secondary N) is 1. The Kier molecular flexibility index (Phi) is 4.16. The Balaban J connectivity index is 2.24. The zero-order valence-corrected chi connectivity index (χ0v) is 13.4. The third-order valence-electron chi connectivity index (χ3n) is 2.97. The molecule has 0 fully saturated rings. The largest absolute Gasteiger partial charge is 0.308 e. The van der Waals surface area contributed by atoms with Crippen LogP contribution in [0.5, 0.6) is 0 Å². The van der Waals surface area contributed by atoms with Gasteiger partial charge in [0, 0.05) is 17.1 Å². The van der Waals surface area contributed by atoms with Crippen LogP contribution in [0.4, 0.5) is 0 Å². The lowest BCUT2D eigenvalue weighted by molar-refractivity contribution is 0.424. The summed E-state index contributed by atoms with van der Waals surface area (Å²) in [6.45, 7) is 11.0. The zero-order chi connectivity index (χ0) is 14.9. The highest BCUT2D eigenvalue weighted by molar-refractivity contribution is 6.31. The minimum Gasteiger partial charge on any atom is -0.308 e. The summed E-state index contributed by atoms with van der Waals surface area (Å²) in [5.74, 6) is 1.62. The number of aromatic nitrogens is 3. The average Bonchev–Trinajstić information content (AvgIpc) is 2.65. The van der Waals surface area contributed by atoms with Gasteiger partial charge < -0.3 is 5.32 Å². The first-order valence-electron chi connectivity index (χ1n) is 6.70. The number of aryl methyl sites for hydroxylation is 2. The Hall–Kier alpha value is -1.39. The quantitative estimate of drug-likeness (QED) is 0.942. The lowest BCUT2D eigenvalue weighted by Crippen LogP contribution is -2.35. The number of halogens is 1. The van der Waals surface area contributed by atoms with Crippen molar-refractivity contribution in [1.29, 1.82) is 0 Å². The molecule has 4 nitrogen and oxygen atoms in total. The first kappa shape index (κ1) is 15.0. The summed E-state index contributed by atoms with van der Waals surface area (Å²) < 4.78 is 1.81. The predicted octanol–water partition coefficient (Wildman–Crippen LogP) is 3.43. The summed E-state index contributed by atoms with van der Waals surface area (Å²) in [6, 6.07) is 5.99. The molecular formula is C15H21ClN4. The monoisotopic (exact) mass is 292 g/mol. The van der Waals surface area contributed by atoms with Crippen LogP contribution in [0.2, 0.25) is 5.02 Å². The summed E-state index contributed by atoms with van der Waals surface area (Å²) >= 11 is 6.37. The first-order valence-corrected chi connectivity index (χ1v) is 7.08. The molecule has 0 saturated carbocycles. The molecule has 0 aliphatic carbocycles. The molecule has 0 atom stereocenters. The zero-order valence-electron chi connectivity index (χ0n) is 12.7. The van der Waals surface area contributed by atoms with Gasteiger partial charge in [0.2, 0.25) is 0 Å². The van der Waals surface area contributed by atoms with Gasteiger partial charge in [-0.25, -0.2) is 9.67 Å². The van der Waals surface area contributed by atoms with E-state index in [0.29, 0.717) is 0 Å². The number of nitrogens with zero attached hydrogens (tertiary/aromatic N) is 3. The van der Waals surface area contributed by atoms with E-state index in [1.54, 1.807) is 0 Å². The normalized spacial score (nSPS) is 11.9. The Morgan fingerprint density at radius 2 is 1.95 bits per heavy atom. The number of benzene rings is 1. The predicted molar refractivity (Wildman–Crippen MR) is 82.4 cm³/mol. The van der Waals surface area contributed by atoms with E-state index in [-0.39, 0.29) is 5.54 Å². The molecule has 0 amide bonds. The van der Waals surface area contributed by atoms with Crippen molar-refractivity contribution in [2.45, 2.75) is 46.7 Å². The molecule has 2 rings (SSSR count). The lowest BCUT2D eigenvalue weighted by atomic mass is 10.1. The van der Waals surface area contributed by atoms with Gasteiger partial charge in [0.1, 0.15) is 11.6 Å². The Bertz CT molecular complexity index is 611. The van der Waals surface area contributed by atoms with Gasteiger partial charge in [-0.15, -0.1) is 0 Å². The van der Waals surface area contributed by atoms with E-state index in [1.807, 2.05) is 36.7 Å². The van der Waals surface area contributed by atoms with Gasteiger partial charge in [-0.05, 0) is 52.3 Å². The van der Waals surface area contributed by atoms with Crippen molar-refractivity contribution in [3.8, 4) is 5.69 Å². The van der Waals surface area contributed by atoms with Crippen molar-refractivity contribution in [2.24, 2.45) is 0 Å². The van der Waals surface area contributed by atoms with Crippen LogP contribution in [0.25, 0.3) is 5.69 Å². The van der Waals surface area contributed by atoms with Crippen LogP contribution >= 0.6 is 11.6 Å². The maximum absolute atomic E-state index is 6.37. The van der Waals surface area contributed by atoms with E-state index in [2.05, 4.69) is 36.2 Å². The molecule has 0 spiro atoms. The topological polar surface area (TPSA) is 42.7 Å². The number of hydrogen-bond donors (Lipinski definition) is 1. The molecule has 20 heavy (non-hydrogen) atoms. The Labute approximate surface area is 125 Å². The molecule has 1 aromatic carbocycles. The highest BCUT2D eigenvalue weighted by Crippen LogP contribution is 2.21. The number of rotatable bonds is 3. The molecule has 5 heteroatoms. The van der Waals surface area contributed by atoms with Crippen LogP contribution in [0, 0.1) is 13.8 Å². The molecule has 1 heterocycles. The van der Waals surface area contributed by atoms with Crippen molar-refractivity contribution < 1.29 is 0 Å². The second-order valence-electron chi connectivity index (χ2n) is 6.00. The van der Waals surface area contributed by atoms with E-state index in [0.717, 1.165) is 34.5 Å². The molecule has 0 unspecified atom stereocenters. The van der Waals surface area contributed by atoms with Crippen molar-refractivity contribution in [3.63, 3.8) is 0 Å². The molecule has 1 N–H and O–H groups in total. The summed E-state index contributed by atoms with van der Waals surface area (Å²) in [6.07, 6.45) is 0. The second-order valence-corrected chi connectivity index (χ2v) is 6.40. The van der Waals surface area contributed by atoms with E-state index < -0.39 is 0 Å². The molecule has 108 valence electrons. The van der Waals surface area contributed by atoms with E-state index >= 15 is 0 Å². The maximum atomic E-state index is 6.37. The van der Waals surface area contributed by atoms with Gasteiger partial charge in [0.15, 0.2) is 0 Å². The number of hydrogen-bond acceptors (Lipinski definition) is 3. The molecule has 1 aromatic heterocycles. The van der Waals surface area contributed by atoms with Crippen LogP contribution in [-0.4, -0.2) is 20.3 Å². The molecule has 0 bridgehead atoms. The molecule has 0 saturated heterocycles. The highest BCUT2D eigenvalue weighted by atomic mass is 35.5. The van der Waals surface area contributed by atoms with Crippen molar-refractivity contribution in [3.05, 3.63) is 40.4 Å². The van der Waals surface area contributed by atoms with Gasteiger partial charge in [-0.1, -0.05) is 17.7 Å². The lowest BCUT2D eigenvalue weighted by Gasteiger charge is -2.21. The Morgan fingerprint density at radius 3 is 2.45 bits per heavy atom. The van der Waals surface area contributed by atoms with Crippen molar-refractivity contribution >= 4 is 11.6 Å². The smallest absolute Gasteiger partial charge is 0.148 e. The summed E-state index contributed by atoms with van der Waals surface area (Å²) in [4.78, 5) is 4.30. The van der Waals surface area contributed by atoms with Crippen LogP contribution in [-0.2, 0) is 6.54 Å². The molecule has 0 radical (unpaired) electrons. The van der Waals surface area contributed by atoms with Gasteiger partial charge in [0.25, 0.3) is 0 Å². The van der Waals surface area contributed by atoms with Gasteiger partial charge in [-0.2, -0.15) is 5.10 Å². The minimum absolute atomic E-state index is 0.0710. The standard InChI is InChI=1S/C15H21ClN4/c1-10-18-11(2)20(19-10)13-7-6-12(14(16)8-13)9-17-15(3,4)5/h6-8,17H,9H2,1-5H3. The van der Waals surface area contributed by atoms with Crippen LogP contribution in [0.1, 0.15) is 38.0 Å². The first-order chi connectivity index (χ1) is 9.26. The van der Waals surface area contributed by atoms with Gasteiger partial charge >= 0.3 is 0 Å². The van der Waals surface area contributed by atoms with Gasteiger partial charge in [-0.3, -0.25) is 0 Å². The Morgan fingerprint density at radius 1 is 1.25 bits per heavy atom.